The van der Waals surface area contributed by atoms with E-state index < -0.39 is 0 Å². The van der Waals surface area contributed by atoms with E-state index in [0.717, 1.165) is 0 Å². The van der Waals surface area contributed by atoms with Crippen LogP contribution in [0.1, 0.15) is 0 Å². The van der Waals surface area contributed by atoms with Gasteiger partial charge in [-0.25, -0.2) is 0 Å². The Labute approximate surface area is 68.4 Å². The molecule has 0 saturated carbocycles. The number of nitrogens with zero attached hydrogens (tertiary/aromatic N) is 3. The van der Waals surface area contributed by atoms with Crippen LogP contribution in [0.3, 0.4) is 0 Å². The molecule has 0 unspecified atom stereocenters. The zero-order valence-corrected chi connectivity index (χ0v) is 7.05. The van der Waals surface area contributed by atoms with Crippen LogP contribution in [0.5, 0.6) is 6.01 Å². The number of anilines is 1. The Kier molecular flexibility index (Phi) is 2.48. The molecule has 2 N–H and O–H groups in total. The molecule has 0 aliphatic carbocycles. The lowest BCUT2D eigenvalue weighted by Gasteiger charge is -1.99. The van der Waals surface area contributed by atoms with Gasteiger partial charge >= 0.3 is 6.01 Å². The molecule has 1 rings (SSSR count). The van der Waals surface area contributed by atoms with E-state index in [0.29, 0.717) is 5.16 Å². The molecule has 0 aromatic carbocycles. The predicted octanol–water partition coefficient (Wildman–Crippen LogP) is 0.184. The van der Waals surface area contributed by atoms with Crippen LogP contribution in [0.4, 0.5) is 5.95 Å². The van der Waals surface area contributed by atoms with Crippen LogP contribution in [-0.4, -0.2) is 28.3 Å². The molecule has 11 heavy (non-hydrogen) atoms. The first kappa shape index (κ1) is 8.06. The number of thioether (sulfide) groups is 1. The molecule has 0 radical (unpaired) electrons. The molecule has 6 heteroatoms. The van der Waals surface area contributed by atoms with Gasteiger partial charge < -0.3 is 10.5 Å². The van der Waals surface area contributed by atoms with Crippen molar-refractivity contribution >= 4 is 17.7 Å². The Bertz CT molecular complexity index is 232. The highest BCUT2D eigenvalue weighted by atomic mass is 32.2. The standard InChI is InChI=1S/C5H8N4OS/c1-10-4-7-3(6)8-5(9-4)11-2/h1-2H3,(H2,6,7,8,9). The number of nitrogens with two attached hydrogens (primary N) is 1. The number of rotatable bonds is 2. The van der Waals surface area contributed by atoms with E-state index in [1.165, 1.54) is 18.9 Å². The van der Waals surface area contributed by atoms with Crippen LogP contribution in [-0.2, 0) is 0 Å². The van der Waals surface area contributed by atoms with Crippen LogP contribution in [0.2, 0.25) is 0 Å². The SMILES string of the molecule is COc1nc(N)nc(SC)n1. The first-order valence-corrected chi connectivity index (χ1v) is 4.08. The Morgan fingerprint density at radius 3 is 2.64 bits per heavy atom. The van der Waals surface area contributed by atoms with Crippen molar-refractivity contribution in [2.75, 3.05) is 19.1 Å². The maximum atomic E-state index is 5.36. The predicted molar refractivity (Wildman–Crippen MR) is 42.6 cm³/mol. The van der Waals surface area contributed by atoms with Gasteiger partial charge in [-0.05, 0) is 6.26 Å². The molecule has 0 atom stereocenters. The number of hydrogen-bond donors (Lipinski definition) is 1. The summed E-state index contributed by atoms with van der Waals surface area (Å²) in [4.78, 5) is 11.5. The lowest BCUT2D eigenvalue weighted by molar-refractivity contribution is 0.374. The Balaban J connectivity index is 3.02. The third-order valence-electron chi connectivity index (χ3n) is 0.977. The van der Waals surface area contributed by atoms with E-state index in [9.17, 15) is 0 Å². The third-order valence-corrected chi connectivity index (χ3v) is 1.52. The number of hydrogen-bond acceptors (Lipinski definition) is 6. The van der Waals surface area contributed by atoms with Crippen LogP contribution in [0, 0.1) is 0 Å². The lowest BCUT2D eigenvalue weighted by atomic mass is 10.9. The largest absolute Gasteiger partial charge is 0.467 e. The Morgan fingerprint density at radius 1 is 1.36 bits per heavy atom. The minimum Gasteiger partial charge on any atom is -0.467 e. The van der Waals surface area contributed by atoms with Gasteiger partial charge in [0, 0.05) is 0 Å². The molecule has 60 valence electrons. The third kappa shape index (κ3) is 1.94. The fourth-order valence-electron chi connectivity index (χ4n) is 0.535. The molecule has 5 nitrogen and oxygen atoms in total. The van der Waals surface area contributed by atoms with E-state index in [4.69, 9.17) is 10.5 Å². The van der Waals surface area contributed by atoms with Gasteiger partial charge in [0.15, 0.2) is 5.16 Å². The molecule has 0 fully saturated rings. The second-order valence-corrected chi connectivity index (χ2v) is 2.44. The van der Waals surface area contributed by atoms with Crippen molar-refractivity contribution in [3.8, 4) is 6.01 Å². The zero-order valence-electron chi connectivity index (χ0n) is 6.24. The summed E-state index contributed by atoms with van der Waals surface area (Å²) in [5.41, 5.74) is 5.36. The first-order chi connectivity index (χ1) is 5.26. The van der Waals surface area contributed by atoms with Crippen molar-refractivity contribution in [2.45, 2.75) is 5.16 Å². The van der Waals surface area contributed by atoms with Crippen molar-refractivity contribution in [2.24, 2.45) is 0 Å². The minimum atomic E-state index is 0.182. The summed E-state index contributed by atoms with van der Waals surface area (Å²) in [6, 6.07) is 0.252. The summed E-state index contributed by atoms with van der Waals surface area (Å²) in [6.45, 7) is 0. The van der Waals surface area contributed by atoms with Gasteiger partial charge in [-0.2, -0.15) is 15.0 Å². The molecule has 1 aromatic rings. The summed E-state index contributed by atoms with van der Waals surface area (Å²) in [7, 11) is 1.48. The summed E-state index contributed by atoms with van der Waals surface area (Å²) in [6.07, 6.45) is 1.86. The zero-order chi connectivity index (χ0) is 8.27. The molecule has 0 amide bonds. The second kappa shape index (κ2) is 3.38. The second-order valence-electron chi connectivity index (χ2n) is 1.67. The number of nitrogen functional groups attached to an aromatic ring is 1. The average molecular weight is 172 g/mol. The molecule has 0 bridgehead atoms. The Hall–Kier alpha value is -1.04. The summed E-state index contributed by atoms with van der Waals surface area (Å²) >= 11 is 1.39. The number of aromatic nitrogens is 3. The highest BCUT2D eigenvalue weighted by Gasteiger charge is 2.01. The van der Waals surface area contributed by atoms with Gasteiger partial charge in [0.1, 0.15) is 0 Å². The van der Waals surface area contributed by atoms with Crippen molar-refractivity contribution in [1.29, 1.82) is 0 Å². The maximum absolute atomic E-state index is 5.36. The quantitative estimate of drug-likeness (QED) is 0.642. The van der Waals surface area contributed by atoms with E-state index in [-0.39, 0.29) is 12.0 Å². The summed E-state index contributed by atoms with van der Waals surface area (Å²) in [5.74, 6) is 0.182. The highest BCUT2D eigenvalue weighted by molar-refractivity contribution is 7.98. The van der Waals surface area contributed by atoms with Crippen LogP contribution >= 0.6 is 11.8 Å². The number of methoxy groups -OCH3 is 1. The molecule has 0 aliphatic heterocycles. The van der Waals surface area contributed by atoms with Crippen molar-refractivity contribution in [3.63, 3.8) is 0 Å². The van der Waals surface area contributed by atoms with Gasteiger partial charge in [0.25, 0.3) is 0 Å². The first-order valence-electron chi connectivity index (χ1n) is 2.86. The maximum Gasteiger partial charge on any atom is 0.321 e. The van der Waals surface area contributed by atoms with E-state index in [2.05, 4.69) is 15.0 Å². The summed E-state index contributed by atoms with van der Waals surface area (Å²) < 4.78 is 4.78. The van der Waals surface area contributed by atoms with Crippen LogP contribution < -0.4 is 10.5 Å². The van der Waals surface area contributed by atoms with Gasteiger partial charge in [0.2, 0.25) is 5.95 Å². The van der Waals surface area contributed by atoms with Gasteiger partial charge in [-0.3, -0.25) is 0 Å². The average Bonchev–Trinajstić information content (AvgIpc) is 2.03. The molecule has 0 spiro atoms. The fraction of sp³-hybridized carbons (Fsp3) is 0.400. The van der Waals surface area contributed by atoms with Crippen molar-refractivity contribution in [1.82, 2.24) is 15.0 Å². The Morgan fingerprint density at radius 2 is 2.09 bits per heavy atom. The minimum absolute atomic E-state index is 0.182. The van der Waals surface area contributed by atoms with Crippen molar-refractivity contribution in [3.05, 3.63) is 0 Å². The molecular weight excluding hydrogens is 164 g/mol. The fourth-order valence-corrected chi connectivity index (χ4v) is 0.890. The molecule has 1 aromatic heterocycles. The molecular formula is C5H8N4OS. The highest BCUT2D eigenvalue weighted by Crippen LogP contribution is 2.12. The number of ether oxygens (including phenoxy) is 1. The van der Waals surface area contributed by atoms with Gasteiger partial charge in [-0.15, -0.1) is 0 Å². The van der Waals surface area contributed by atoms with E-state index in [1.54, 1.807) is 0 Å². The topological polar surface area (TPSA) is 73.9 Å². The van der Waals surface area contributed by atoms with Crippen LogP contribution in [0.15, 0.2) is 5.16 Å². The molecule has 0 saturated heterocycles. The van der Waals surface area contributed by atoms with E-state index >= 15 is 0 Å². The van der Waals surface area contributed by atoms with Crippen LogP contribution in [0.25, 0.3) is 0 Å². The smallest absolute Gasteiger partial charge is 0.321 e. The molecule has 1 heterocycles. The van der Waals surface area contributed by atoms with Crippen molar-refractivity contribution < 1.29 is 4.74 Å². The molecule has 0 aliphatic rings. The van der Waals surface area contributed by atoms with E-state index in [1.807, 2.05) is 6.26 Å². The van der Waals surface area contributed by atoms with Gasteiger partial charge in [0.05, 0.1) is 7.11 Å². The lowest BCUT2D eigenvalue weighted by Crippen LogP contribution is -2.01. The van der Waals surface area contributed by atoms with Gasteiger partial charge in [-0.1, -0.05) is 11.8 Å². The normalized spacial score (nSPS) is 9.64. The monoisotopic (exact) mass is 172 g/mol. The summed E-state index contributed by atoms with van der Waals surface area (Å²) in [5, 5.41) is 0.564.